The molecule has 60 heavy (non-hydrogen) atoms. The molecule has 3 heterocycles. The molecule has 0 radical (unpaired) electrons. The predicted molar refractivity (Wildman–Crippen MR) is 248 cm³/mol. The van der Waals surface area contributed by atoms with Gasteiger partial charge in [-0.3, -0.25) is 0 Å². The molecule has 0 atom stereocenters. The van der Waals surface area contributed by atoms with Crippen molar-refractivity contribution in [2.24, 2.45) is 0 Å². The van der Waals surface area contributed by atoms with Crippen LogP contribution in [0.2, 0.25) is 0 Å². The summed E-state index contributed by atoms with van der Waals surface area (Å²) in [5.41, 5.74) is 12.0. The predicted octanol–water partition coefficient (Wildman–Crippen LogP) is 13.9. The third-order valence-electron chi connectivity index (χ3n) is 11.7. The van der Waals surface area contributed by atoms with Gasteiger partial charge in [-0.15, -0.1) is 0 Å². The minimum atomic E-state index is 0.623. The second kappa shape index (κ2) is 13.8. The third-order valence-corrected chi connectivity index (χ3v) is 11.7. The fraction of sp³-hybridized carbons (Fsp3) is 0. The van der Waals surface area contributed by atoms with Gasteiger partial charge in [-0.05, 0) is 82.6 Å². The van der Waals surface area contributed by atoms with Gasteiger partial charge in [0.1, 0.15) is 0 Å². The molecule has 0 saturated carbocycles. The Morgan fingerprint density at radius 1 is 0.250 bits per heavy atom. The lowest BCUT2D eigenvalue weighted by atomic mass is 10.0. The Bertz CT molecular complexity index is 3600. The second-order valence-electron chi connectivity index (χ2n) is 15.3. The highest BCUT2D eigenvalue weighted by Gasteiger charge is 2.18. The molecular weight excluding hydrogens is 731 g/mol. The number of hydrogen-bond donors (Lipinski definition) is 0. The lowest BCUT2D eigenvalue weighted by Gasteiger charge is -2.12. The van der Waals surface area contributed by atoms with Gasteiger partial charge in [0.2, 0.25) is 0 Å². The van der Waals surface area contributed by atoms with Gasteiger partial charge in [0.25, 0.3) is 0 Å². The van der Waals surface area contributed by atoms with Crippen molar-refractivity contribution in [2.45, 2.75) is 0 Å². The first-order chi connectivity index (χ1) is 29.7. The van der Waals surface area contributed by atoms with Crippen LogP contribution in [0, 0.1) is 0 Å². The van der Waals surface area contributed by atoms with Gasteiger partial charge < -0.3 is 9.13 Å². The van der Waals surface area contributed by atoms with E-state index in [1.807, 2.05) is 18.2 Å². The molecule has 0 aliphatic rings. The van der Waals surface area contributed by atoms with Crippen LogP contribution in [0.4, 0.5) is 0 Å². The smallest absolute Gasteiger partial charge is 0.164 e. The van der Waals surface area contributed by atoms with Crippen LogP contribution in [0.25, 0.3) is 111 Å². The number of nitrogens with zero attached hydrogens (tertiary/aromatic N) is 5. The lowest BCUT2D eigenvalue weighted by Crippen LogP contribution is -2.01. The zero-order valence-electron chi connectivity index (χ0n) is 32.4. The number of aromatic nitrogens is 5. The van der Waals surface area contributed by atoms with Crippen LogP contribution in [-0.4, -0.2) is 24.1 Å². The monoisotopic (exact) mass is 765 g/mol. The van der Waals surface area contributed by atoms with Crippen molar-refractivity contribution in [2.75, 3.05) is 0 Å². The van der Waals surface area contributed by atoms with Crippen LogP contribution in [0.15, 0.2) is 212 Å². The second-order valence-corrected chi connectivity index (χ2v) is 15.3. The molecule has 0 fully saturated rings. The van der Waals surface area contributed by atoms with Crippen molar-refractivity contribution < 1.29 is 0 Å². The Morgan fingerprint density at radius 2 is 0.750 bits per heavy atom. The summed E-state index contributed by atoms with van der Waals surface area (Å²) < 4.78 is 4.74. The van der Waals surface area contributed by atoms with Crippen molar-refractivity contribution >= 4 is 54.4 Å². The number of fused-ring (bicyclic) bond motifs is 7. The Balaban J connectivity index is 1.01. The van der Waals surface area contributed by atoms with Gasteiger partial charge in [0.05, 0.1) is 22.1 Å². The van der Waals surface area contributed by atoms with E-state index in [-0.39, 0.29) is 0 Å². The number of hydrogen-bond acceptors (Lipinski definition) is 3. The first-order valence-electron chi connectivity index (χ1n) is 20.3. The summed E-state index contributed by atoms with van der Waals surface area (Å²) >= 11 is 0. The molecule has 0 aliphatic heterocycles. The average molecular weight is 766 g/mol. The fourth-order valence-electron chi connectivity index (χ4n) is 8.90. The average Bonchev–Trinajstić information content (AvgIpc) is 3.84. The van der Waals surface area contributed by atoms with E-state index >= 15 is 0 Å². The molecule has 5 heteroatoms. The van der Waals surface area contributed by atoms with E-state index in [1.165, 1.54) is 43.5 Å². The van der Waals surface area contributed by atoms with Crippen molar-refractivity contribution in [3.8, 4) is 56.7 Å². The molecule has 0 spiro atoms. The lowest BCUT2D eigenvalue weighted by molar-refractivity contribution is 1.07. The molecule has 0 bridgehead atoms. The minimum absolute atomic E-state index is 0.623. The minimum Gasteiger partial charge on any atom is -0.309 e. The molecule has 0 unspecified atom stereocenters. The number of rotatable bonds is 6. The Morgan fingerprint density at radius 3 is 1.52 bits per heavy atom. The van der Waals surface area contributed by atoms with E-state index in [0.29, 0.717) is 17.5 Å². The molecule has 280 valence electrons. The van der Waals surface area contributed by atoms with Gasteiger partial charge in [-0.25, -0.2) is 15.0 Å². The van der Waals surface area contributed by atoms with Crippen molar-refractivity contribution in [1.82, 2.24) is 24.1 Å². The van der Waals surface area contributed by atoms with Gasteiger partial charge in [0, 0.05) is 49.6 Å². The largest absolute Gasteiger partial charge is 0.309 e. The highest BCUT2D eigenvalue weighted by atomic mass is 15.0. The zero-order valence-corrected chi connectivity index (χ0v) is 32.4. The normalized spacial score (nSPS) is 11.7. The molecule has 5 nitrogen and oxygen atoms in total. The fourth-order valence-corrected chi connectivity index (χ4v) is 8.90. The van der Waals surface area contributed by atoms with Crippen molar-refractivity contribution in [3.05, 3.63) is 212 Å². The first-order valence-corrected chi connectivity index (χ1v) is 20.3. The molecule has 12 rings (SSSR count). The molecule has 0 aliphatic carbocycles. The molecule has 3 aromatic heterocycles. The SMILES string of the molecule is c1ccc(-c2nc(-c3cccc(-n4c5ccccc5c5ccc(-c6ccc7c(c6)c6ccccc6n7-c6ccccc6)cc54)c3)nc(-c3ccc4ccccc4c3)n2)cc1. The van der Waals surface area contributed by atoms with E-state index in [9.17, 15) is 0 Å². The van der Waals surface area contributed by atoms with Crippen LogP contribution in [-0.2, 0) is 0 Å². The first kappa shape index (κ1) is 33.9. The summed E-state index contributed by atoms with van der Waals surface area (Å²) in [6, 6.07) is 75.2. The number of para-hydroxylation sites is 3. The summed E-state index contributed by atoms with van der Waals surface area (Å²) in [7, 11) is 0. The Hall–Kier alpha value is -8.15. The van der Waals surface area contributed by atoms with Crippen LogP contribution in [0.5, 0.6) is 0 Å². The standard InChI is InChI=1S/C55H35N5/c1-3-15-37(16-4-1)53-56-54(58-55(57-53)42-27-26-36-14-7-8-17-38(36)32-42)41-18-13-21-44(33-41)60-49-24-11-9-22-45(49)47-30-28-40(35-52(47)60)39-29-31-51-48(34-39)46-23-10-12-25-50(46)59(51)43-19-5-2-6-20-43/h1-35H. The van der Waals surface area contributed by atoms with Crippen LogP contribution >= 0.6 is 0 Å². The summed E-state index contributed by atoms with van der Waals surface area (Å²) in [6.45, 7) is 0. The molecule has 0 N–H and O–H groups in total. The quantitative estimate of drug-likeness (QED) is 0.169. The van der Waals surface area contributed by atoms with Gasteiger partial charge in [0.15, 0.2) is 17.5 Å². The number of benzene rings is 9. The molecule has 9 aromatic carbocycles. The summed E-state index contributed by atoms with van der Waals surface area (Å²) in [5, 5.41) is 7.20. The highest BCUT2D eigenvalue weighted by Crippen LogP contribution is 2.39. The third kappa shape index (κ3) is 5.59. The maximum Gasteiger partial charge on any atom is 0.164 e. The van der Waals surface area contributed by atoms with E-state index in [1.54, 1.807) is 0 Å². The van der Waals surface area contributed by atoms with Gasteiger partial charge in [-0.2, -0.15) is 0 Å². The Kier molecular flexibility index (Phi) is 7.78. The molecule has 0 saturated heterocycles. The van der Waals surface area contributed by atoms with Gasteiger partial charge in [-0.1, -0.05) is 152 Å². The zero-order chi connectivity index (χ0) is 39.6. The van der Waals surface area contributed by atoms with Crippen LogP contribution in [0.1, 0.15) is 0 Å². The van der Waals surface area contributed by atoms with E-state index < -0.39 is 0 Å². The molecule has 12 aromatic rings. The van der Waals surface area contributed by atoms with Crippen LogP contribution in [0.3, 0.4) is 0 Å². The van der Waals surface area contributed by atoms with Gasteiger partial charge >= 0.3 is 0 Å². The molecule has 0 amide bonds. The maximum atomic E-state index is 5.14. The summed E-state index contributed by atoms with van der Waals surface area (Å²) in [6.07, 6.45) is 0. The molecular formula is C55H35N5. The van der Waals surface area contributed by atoms with E-state index in [2.05, 4.69) is 203 Å². The topological polar surface area (TPSA) is 48.5 Å². The Labute approximate surface area is 346 Å². The van der Waals surface area contributed by atoms with Crippen molar-refractivity contribution in [1.29, 1.82) is 0 Å². The summed E-state index contributed by atoms with van der Waals surface area (Å²) in [4.78, 5) is 15.3. The highest BCUT2D eigenvalue weighted by molar-refractivity contribution is 6.12. The summed E-state index contributed by atoms with van der Waals surface area (Å²) in [5.74, 6) is 1.90. The van der Waals surface area contributed by atoms with E-state index in [4.69, 9.17) is 15.0 Å². The van der Waals surface area contributed by atoms with E-state index in [0.717, 1.165) is 50.0 Å². The van der Waals surface area contributed by atoms with Crippen LogP contribution < -0.4 is 0 Å². The van der Waals surface area contributed by atoms with Crippen molar-refractivity contribution in [3.63, 3.8) is 0 Å². The maximum absolute atomic E-state index is 5.14.